The lowest BCUT2D eigenvalue weighted by Crippen LogP contribution is -1.97. The molecule has 0 aromatic heterocycles. The zero-order valence-corrected chi connectivity index (χ0v) is 15.4. The standard InChI is InChI=1S/C21H17ClN2O3/c1-15-4-2-3-5-20(15)23-13-17-8-11-21(19(22)12-17)27-14-16-6-9-18(10-7-16)24(25)26/h2-13H,14H2,1H3. The molecule has 0 saturated heterocycles. The van der Waals surface area contributed by atoms with Crippen LogP contribution >= 0.6 is 11.6 Å². The van der Waals surface area contributed by atoms with Gasteiger partial charge in [0, 0.05) is 18.3 Å². The summed E-state index contributed by atoms with van der Waals surface area (Å²) in [5.41, 5.74) is 3.75. The Hall–Kier alpha value is -3.18. The molecule has 0 saturated carbocycles. The SMILES string of the molecule is Cc1ccccc1N=Cc1ccc(OCc2ccc([N+](=O)[O-])cc2)c(Cl)c1. The van der Waals surface area contributed by atoms with Crippen molar-refractivity contribution in [3.8, 4) is 5.75 Å². The lowest BCUT2D eigenvalue weighted by molar-refractivity contribution is -0.384. The monoisotopic (exact) mass is 380 g/mol. The van der Waals surface area contributed by atoms with Gasteiger partial charge in [0.25, 0.3) is 5.69 Å². The Morgan fingerprint density at radius 1 is 1.11 bits per heavy atom. The highest BCUT2D eigenvalue weighted by Crippen LogP contribution is 2.26. The van der Waals surface area contributed by atoms with Gasteiger partial charge in [-0.05, 0) is 60.0 Å². The fourth-order valence-electron chi connectivity index (χ4n) is 2.44. The van der Waals surface area contributed by atoms with Crippen molar-refractivity contribution in [1.82, 2.24) is 0 Å². The smallest absolute Gasteiger partial charge is 0.269 e. The number of rotatable bonds is 6. The third-order valence-electron chi connectivity index (χ3n) is 3.97. The summed E-state index contributed by atoms with van der Waals surface area (Å²) in [6.45, 7) is 2.28. The number of aryl methyl sites for hydroxylation is 1. The molecule has 3 aromatic rings. The highest BCUT2D eigenvalue weighted by atomic mass is 35.5. The molecule has 3 aromatic carbocycles. The summed E-state index contributed by atoms with van der Waals surface area (Å²) in [5, 5.41) is 11.2. The lowest BCUT2D eigenvalue weighted by atomic mass is 10.2. The number of nitro groups is 1. The normalized spacial score (nSPS) is 10.9. The first-order valence-electron chi connectivity index (χ1n) is 8.28. The molecule has 0 atom stereocenters. The molecule has 0 amide bonds. The van der Waals surface area contributed by atoms with Gasteiger partial charge in [0.15, 0.2) is 0 Å². The van der Waals surface area contributed by atoms with Crippen molar-refractivity contribution in [2.24, 2.45) is 4.99 Å². The number of benzene rings is 3. The first-order valence-corrected chi connectivity index (χ1v) is 8.66. The number of aliphatic imine (C=N–C) groups is 1. The van der Waals surface area contributed by atoms with Gasteiger partial charge < -0.3 is 4.74 Å². The van der Waals surface area contributed by atoms with Crippen LogP contribution in [-0.4, -0.2) is 11.1 Å². The lowest BCUT2D eigenvalue weighted by Gasteiger charge is -2.08. The van der Waals surface area contributed by atoms with Crippen molar-refractivity contribution >= 4 is 29.2 Å². The number of para-hydroxylation sites is 1. The van der Waals surface area contributed by atoms with E-state index in [2.05, 4.69) is 4.99 Å². The molecule has 0 aliphatic heterocycles. The number of nitro benzene ring substituents is 1. The third-order valence-corrected chi connectivity index (χ3v) is 4.26. The summed E-state index contributed by atoms with van der Waals surface area (Å²) in [7, 11) is 0. The minimum absolute atomic E-state index is 0.0501. The number of hydrogen-bond acceptors (Lipinski definition) is 4. The van der Waals surface area contributed by atoms with Gasteiger partial charge >= 0.3 is 0 Å². The van der Waals surface area contributed by atoms with Crippen LogP contribution in [0, 0.1) is 17.0 Å². The Morgan fingerprint density at radius 2 is 1.85 bits per heavy atom. The van der Waals surface area contributed by atoms with Crippen LogP contribution in [0.25, 0.3) is 0 Å². The van der Waals surface area contributed by atoms with Crippen molar-refractivity contribution in [3.05, 3.63) is 98.6 Å². The number of ether oxygens (including phenoxy) is 1. The predicted octanol–water partition coefficient (Wildman–Crippen LogP) is 5.89. The molecule has 136 valence electrons. The van der Waals surface area contributed by atoms with Crippen molar-refractivity contribution in [2.75, 3.05) is 0 Å². The van der Waals surface area contributed by atoms with Gasteiger partial charge in [0.05, 0.1) is 15.6 Å². The van der Waals surface area contributed by atoms with E-state index < -0.39 is 4.92 Å². The topological polar surface area (TPSA) is 64.7 Å². The Morgan fingerprint density at radius 3 is 2.52 bits per heavy atom. The first-order chi connectivity index (χ1) is 13.0. The number of nitrogens with zero attached hydrogens (tertiary/aromatic N) is 2. The molecule has 0 aliphatic rings. The Bertz CT molecular complexity index is 985. The highest BCUT2D eigenvalue weighted by molar-refractivity contribution is 6.32. The van der Waals surface area contributed by atoms with Crippen molar-refractivity contribution in [2.45, 2.75) is 13.5 Å². The molecule has 0 radical (unpaired) electrons. The largest absolute Gasteiger partial charge is 0.487 e. The Labute approximate surface area is 162 Å². The second-order valence-electron chi connectivity index (χ2n) is 5.95. The minimum atomic E-state index is -0.432. The molecule has 3 rings (SSSR count). The van der Waals surface area contributed by atoms with Gasteiger partial charge in [-0.2, -0.15) is 0 Å². The number of hydrogen-bond donors (Lipinski definition) is 0. The summed E-state index contributed by atoms with van der Waals surface area (Å²) >= 11 is 6.30. The van der Waals surface area contributed by atoms with Crippen LogP contribution in [0.3, 0.4) is 0 Å². The van der Waals surface area contributed by atoms with Crippen LogP contribution in [0.2, 0.25) is 5.02 Å². The molecule has 0 aliphatic carbocycles. The minimum Gasteiger partial charge on any atom is -0.487 e. The molecular weight excluding hydrogens is 364 g/mol. The van der Waals surface area contributed by atoms with E-state index in [1.54, 1.807) is 30.5 Å². The molecule has 5 nitrogen and oxygen atoms in total. The van der Waals surface area contributed by atoms with Crippen LogP contribution in [-0.2, 0) is 6.61 Å². The maximum atomic E-state index is 10.7. The van der Waals surface area contributed by atoms with E-state index in [0.29, 0.717) is 10.8 Å². The van der Waals surface area contributed by atoms with E-state index in [1.807, 2.05) is 37.3 Å². The summed E-state index contributed by atoms with van der Waals surface area (Å²) in [6.07, 6.45) is 1.76. The van der Waals surface area contributed by atoms with Gasteiger partial charge in [-0.15, -0.1) is 0 Å². The fourth-order valence-corrected chi connectivity index (χ4v) is 2.69. The van der Waals surface area contributed by atoms with Gasteiger partial charge in [-0.1, -0.05) is 29.8 Å². The van der Waals surface area contributed by atoms with Crippen LogP contribution in [0.1, 0.15) is 16.7 Å². The summed E-state index contributed by atoms with van der Waals surface area (Å²) in [5.74, 6) is 0.545. The molecular formula is C21H17ClN2O3. The second-order valence-corrected chi connectivity index (χ2v) is 6.35. The quantitative estimate of drug-likeness (QED) is 0.304. The second kappa shape index (κ2) is 8.47. The van der Waals surface area contributed by atoms with Crippen LogP contribution in [0.5, 0.6) is 5.75 Å². The van der Waals surface area contributed by atoms with Gasteiger partial charge in [0.2, 0.25) is 0 Å². The molecule has 0 N–H and O–H groups in total. The molecule has 0 spiro atoms. The molecule has 6 heteroatoms. The first kappa shape index (κ1) is 18.6. The highest BCUT2D eigenvalue weighted by Gasteiger charge is 2.06. The molecule has 27 heavy (non-hydrogen) atoms. The zero-order chi connectivity index (χ0) is 19.2. The van der Waals surface area contributed by atoms with Gasteiger partial charge in [0.1, 0.15) is 12.4 Å². The van der Waals surface area contributed by atoms with E-state index in [0.717, 1.165) is 22.4 Å². The Kier molecular flexibility index (Phi) is 5.84. The predicted molar refractivity (Wildman–Crippen MR) is 107 cm³/mol. The van der Waals surface area contributed by atoms with Crippen LogP contribution < -0.4 is 4.74 Å². The van der Waals surface area contributed by atoms with E-state index in [-0.39, 0.29) is 12.3 Å². The summed E-state index contributed by atoms with van der Waals surface area (Å²) in [4.78, 5) is 14.7. The molecule has 0 unspecified atom stereocenters. The van der Waals surface area contributed by atoms with Crippen molar-refractivity contribution in [3.63, 3.8) is 0 Å². The number of non-ortho nitro benzene ring substituents is 1. The summed E-state index contributed by atoms with van der Waals surface area (Å²) < 4.78 is 5.71. The molecule has 0 fully saturated rings. The van der Waals surface area contributed by atoms with E-state index >= 15 is 0 Å². The zero-order valence-electron chi connectivity index (χ0n) is 14.6. The van der Waals surface area contributed by atoms with Crippen LogP contribution in [0.4, 0.5) is 11.4 Å². The maximum Gasteiger partial charge on any atom is 0.269 e. The number of halogens is 1. The Balaban J connectivity index is 1.66. The van der Waals surface area contributed by atoms with Crippen molar-refractivity contribution in [1.29, 1.82) is 0 Å². The fraction of sp³-hybridized carbons (Fsp3) is 0.0952. The van der Waals surface area contributed by atoms with E-state index in [1.165, 1.54) is 12.1 Å². The van der Waals surface area contributed by atoms with Crippen LogP contribution in [0.15, 0.2) is 71.7 Å². The molecule has 0 bridgehead atoms. The van der Waals surface area contributed by atoms with Gasteiger partial charge in [-0.25, -0.2) is 0 Å². The van der Waals surface area contributed by atoms with Gasteiger partial charge in [-0.3, -0.25) is 15.1 Å². The maximum absolute atomic E-state index is 10.7. The van der Waals surface area contributed by atoms with E-state index in [4.69, 9.17) is 16.3 Å². The average Bonchev–Trinajstić information content (AvgIpc) is 2.67. The third kappa shape index (κ3) is 4.92. The summed E-state index contributed by atoms with van der Waals surface area (Å²) in [6, 6.07) is 19.6. The molecule has 0 heterocycles. The van der Waals surface area contributed by atoms with Crippen molar-refractivity contribution < 1.29 is 9.66 Å². The average molecular weight is 381 g/mol. The van der Waals surface area contributed by atoms with E-state index in [9.17, 15) is 10.1 Å².